The fourth-order valence-corrected chi connectivity index (χ4v) is 3.46. The van der Waals surface area contributed by atoms with Gasteiger partial charge in [0.05, 0.1) is 0 Å². The second kappa shape index (κ2) is 4.33. The van der Waals surface area contributed by atoms with Crippen molar-refractivity contribution in [3.63, 3.8) is 0 Å². The van der Waals surface area contributed by atoms with Gasteiger partial charge in [0.25, 0.3) is 0 Å². The van der Waals surface area contributed by atoms with Crippen LogP contribution in [0.3, 0.4) is 0 Å². The molecule has 0 nitrogen and oxygen atoms in total. The average molecular weight is 256 g/mol. The van der Waals surface area contributed by atoms with E-state index in [1.807, 2.05) is 6.92 Å². The predicted molar refractivity (Wildman–Crippen MR) is 79.3 cm³/mol. The third-order valence-electron chi connectivity index (χ3n) is 4.87. The van der Waals surface area contributed by atoms with Crippen molar-refractivity contribution in [3.8, 4) is 0 Å². The molecular formula is C18H21F. The summed E-state index contributed by atoms with van der Waals surface area (Å²) < 4.78 is 14.5. The van der Waals surface area contributed by atoms with Crippen LogP contribution in [-0.2, 0) is 12.8 Å². The third-order valence-corrected chi connectivity index (χ3v) is 4.87. The standard InChI is InChI=1S/C18H21F/c1-10-5-6-15-14(7-10)9-17(19)18-13(4)12(3)11(2)8-16(15)18/h8-10H,5-7H2,1-4H3. The molecule has 0 fully saturated rings. The maximum atomic E-state index is 14.5. The van der Waals surface area contributed by atoms with E-state index >= 15 is 0 Å². The van der Waals surface area contributed by atoms with Crippen LogP contribution in [0.25, 0.3) is 10.8 Å². The van der Waals surface area contributed by atoms with Gasteiger partial charge in [0, 0.05) is 5.39 Å². The highest BCUT2D eigenvalue weighted by atomic mass is 19.1. The van der Waals surface area contributed by atoms with Crippen molar-refractivity contribution in [1.82, 2.24) is 0 Å². The Kier molecular flexibility index (Phi) is 2.88. The van der Waals surface area contributed by atoms with Crippen molar-refractivity contribution in [2.24, 2.45) is 5.92 Å². The van der Waals surface area contributed by atoms with Gasteiger partial charge in [-0.2, -0.15) is 0 Å². The molecule has 100 valence electrons. The molecule has 1 aliphatic carbocycles. The van der Waals surface area contributed by atoms with Gasteiger partial charge in [-0.05, 0) is 85.2 Å². The minimum Gasteiger partial charge on any atom is -0.206 e. The molecule has 0 bridgehead atoms. The highest BCUT2D eigenvalue weighted by molar-refractivity contribution is 5.92. The van der Waals surface area contributed by atoms with Gasteiger partial charge in [0.2, 0.25) is 0 Å². The van der Waals surface area contributed by atoms with Crippen LogP contribution < -0.4 is 0 Å². The lowest BCUT2D eigenvalue weighted by molar-refractivity contribution is 0.500. The zero-order valence-electron chi connectivity index (χ0n) is 12.2. The Morgan fingerprint density at radius 2 is 1.84 bits per heavy atom. The molecule has 19 heavy (non-hydrogen) atoms. The second-order valence-corrected chi connectivity index (χ2v) is 6.21. The third kappa shape index (κ3) is 1.87. The van der Waals surface area contributed by atoms with E-state index in [1.165, 1.54) is 28.7 Å². The summed E-state index contributed by atoms with van der Waals surface area (Å²) in [5.74, 6) is 0.639. The Hall–Kier alpha value is -1.37. The number of halogens is 1. The van der Waals surface area contributed by atoms with Crippen LogP contribution in [-0.4, -0.2) is 0 Å². The molecule has 2 aromatic rings. The highest BCUT2D eigenvalue weighted by Gasteiger charge is 2.21. The molecule has 0 aromatic heterocycles. The summed E-state index contributed by atoms with van der Waals surface area (Å²) in [6.07, 6.45) is 3.34. The predicted octanol–water partition coefficient (Wildman–Crippen LogP) is 5.03. The van der Waals surface area contributed by atoms with Crippen molar-refractivity contribution >= 4 is 10.8 Å². The largest absolute Gasteiger partial charge is 0.206 e. The Labute approximate surface area is 114 Å². The lowest BCUT2D eigenvalue weighted by Crippen LogP contribution is -2.12. The van der Waals surface area contributed by atoms with Crippen LogP contribution in [0.4, 0.5) is 4.39 Å². The van der Waals surface area contributed by atoms with Crippen LogP contribution in [0, 0.1) is 32.5 Å². The van der Waals surface area contributed by atoms with Crippen LogP contribution >= 0.6 is 0 Å². The van der Waals surface area contributed by atoms with Crippen molar-refractivity contribution in [2.75, 3.05) is 0 Å². The van der Waals surface area contributed by atoms with Crippen LogP contribution in [0.1, 0.15) is 41.2 Å². The molecule has 0 heterocycles. The van der Waals surface area contributed by atoms with Crippen molar-refractivity contribution in [1.29, 1.82) is 0 Å². The summed E-state index contributed by atoms with van der Waals surface area (Å²) >= 11 is 0. The molecule has 1 unspecified atom stereocenters. The Bertz CT molecular complexity index is 667. The second-order valence-electron chi connectivity index (χ2n) is 6.21. The molecule has 0 aliphatic heterocycles. The molecule has 1 atom stereocenters. The summed E-state index contributed by atoms with van der Waals surface area (Å²) in [7, 11) is 0. The smallest absolute Gasteiger partial charge is 0.131 e. The molecule has 0 saturated carbocycles. The number of aryl methyl sites for hydroxylation is 3. The van der Waals surface area contributed by atoms with Gasteiger partial charge in [-0.1, -0.05) is 13.0 Å². The van der Waals surface area contributed by atoms with Gasteiger partial charge >= 0.3 is 0 Å². The molecule has 0 saturated heterocycles. The molecule has 2 aromatic carbocycles. The SMILES string of the molecule is Cc1cc2c3c(cc(F)c2c(C)c1C)CC(C)CC3. The summed E-state index contributed by atoms with van der Waals surface area (Å²) in [4.78, 5) is 0. The lowest BCUT2D eigenvalue weighted by atomic mass is 9.81. The molecule has 0 amide bonds. The van der Waals surface area contributed by atoms with E-state index in [1.54, 1.807) is 6.07 Å². The summed E-state index contributed by atoms with van der Waals surface area (Å²) in [6.45, 7) is 8.53. The quantitative estimate of drug-likeness (QED) is 0.620. The number of hydrogen-bond acceptors (Lipinski definition) is 0. The van der Waals surface area contributed by atoms with E-state index in [9.17, 15) is 4.39 Å². The van der Waals surface area contributed by atoms with Crippen LogP contribution in [0.2, 0.25) is 0 Å². The number of fused-ring (bicyclic) bond motifs is 3. The van der Waals surface area contributed by atoms with Crippen LogP contribution in [0.15, 0.2) is 12.1 Å². The van der Waals surface area contributed by atoms with Gasteiger partial charge in [-0.15, -0.1) is 0 Å². The normalized spacial score (nSPS) is 18.7. The minimum atomic E-state index is -0.0385. The van der Waals surface area contributed by atoms with Crippen LogP contribution in [0.5, 0.6) is 0 Å². The molecular weight excluding hydrogens is 235 g/mol. The molecule has 3 rings (SSSR count). The van der Waals surface area contributed by atoms with E-state index in [0.29, 0.717) is 5.92 Å². The maximum Gasteiger partial charge on any atom is 0.131 e. The monoisotopic (exact) mass is 256 g/mol. The van der Waals surface area contributed by atoms with E-state index in [4.69, 9.17) is 0 Å². The van der Waals surface area contributed by atoms with E-state index in [0.717, 1.165) is 29.2 Å². The average Bonchev–Trinajstić information content (AvgIpc) is 2.35. The first-order valence-corrected chi connectivity index (χ1v) is 7.19. The fraction of sp³-hybridized carbons (Fsp3) is 0.444. The number of benzene rings is 2. The lowest BCUT2D eigenvalue weighted by Gasteiger charge is -2.24. The first kappa shape index (κ1) is 12.7. The minimum absolute atomic E-state index is 0.0385. The van der Waals surface area contributed by atoms with E-state index in [2.05, 4.69) is 26.8 Å². The maximum absolute atomic E-state index is 14.5. The van der Waals surface area contributed by atoms with Gasteiger partial charge in [0.1, 0.15) is 5.82 Å². The molecule has 0 radical (unpaired) electrons. The first-order chi connectivity index (χ1) is 8.99. The van der Waals surface area contributed by atoms with E-state index < -0.39 is 0 Å². The van der Waals surface area contributed by atoms with Crippen molar-refractivity contribution in [3.05, 3.63) is 45.8 Å². The molecule has 0 spiro atoms. The Balaban J connectivity index is 2.40. The van der Waals surface area contributed by atoms with Gasteiger partial charge in [-0.3, -0.25) is 0 Å². The molecule has 1 aliphatic rings. The summed E-state index contributed by atoms with van der Waals surface area (Å²) in [6, 6.07) is 3.98. The molecule has 0 N–H and O–H groups in total. The van der Waals surface area contributed by atoms with Crippen molar-refractivity contribution < 1.29 is 4.39 Å². The fourth-order valence-electron chi connectivity index (χ4n) is 3.46. The van der Waals surface area contributed by atoms with Gasteiger partial charge in [-0.25, -0.2) is 4.39 Å². The Morgan fingerprint density at radius 3 is 2.58 bits per heavy atom. The highest BCUT2D eigenvalue weighted by Crippen LogP contribution is 2.36. The Morgan fingerprint density at radius 1 is 1.11 bits per heavy atom. The number of rotatable bonds is 0. The summed E-state index contributed by atoms with van der Waals surface area (Å²) in [5.41, 5.74) is 6.22. The number of hydrogen-bond donors (Lipinski definition) is 0. The first-order valence-electron chi connectivity index (χ1n) is 7.19. The van der Waals surface area contributed by atoms with Gasteiger partial charge < -0.3 is 0 Å². The van der Waals surface area contributed by atoms with Crippen molar-refractivity contribution in [2.45, 2.75) is 47.0 Å². The van der Waals surface area contributed by atoms with E-state index in [-0.39, 0.29) is 5.82 Å². The topological polar surface area (TPSA) is 0 Å². The zero-order valence-corrected chi connectivity index (χ0v) is 12.2. The summed E-state index contributed by atoms with van der Waals surface area (Å²) in [5, 5.41) is 2.00. The zero-order chi connectivity index (χ0) is 13.7. The molecule has 1 heteroatoms. The van der Waals surface area contributed by atoms with Gasteiger partial charge in [0.15, 0.2) is 0 Å².